The summed E-state index contributed by atoms with van der Waals surface area (Å²) in [4.78, 5) is 11.8. The topological polar surface area (TPSA) is 70.6 Å². The van der Waals surface area contributed by atoms with Crippen molar-refractivity contribution < 1.29 is 14.6 Å². The van der Waals surface area contributed by atoms with Gasteiger partial charge in [-0.25, -0.2) is 4.79 Å². The SMILES string of the molecule is CC(O)c1cccc(NC(=O)NCC2CCOC2C)c1. The van der Waals surface area contributed by atoms with Gasteiger partial charge in [0, 0.05) is 24.8 Å². The Labute approximate surface area is 119 Å². The zero-order valence-corrected chi connectivity index (χ0v) is 11.9. The predicted octanol–water partition coefficient (Wildman–Crippen LogP) is 2.29. The minimum Gasteiger partial charge on any atom is -0.389 e. The van der Waals surface area contributed by atoms with Gasteiger partial charge in [0.1, 0.15) is 0 Å². The molecule has 110 valence electrons. The number of carbonyl (C=O) groups excluding carboxylic acids is 1. The number of urea groups is 1. The maximum atomic E-state index is 11.8. The zero-order chi connectivity index (χ0) is 14.5. The molecule has 1 aromatic rings. The van der Waals surface area contributed by atoms with Crippen LogP contribution < -0.4 is 10.6 Å². The van der Waals surface area contributed by atoms with Crippen molar-refractivity contribution in [3.05, 3.63) is 29.8 Å². The molecule has 1 aromatic carbocycles. The van der Waals surface area contributed by atoms with Crippen LogP contribution in [0, 0.1) is 5.92 Å². The fourth-order valence-electron chi connectivity index (χ4n) is 2.32. The summed E-state index contributed by atoms with van der Waals surface area (Å²) in [6.45, 7) is 5.11. The Morgan fingerprint density at radius 1 is 1.55 bits per heavy atom. The molecule has 0 radical (unpaired) electrons. The molecule has 0 aromatic heterocycles. The van der Waals surface area contributed by atoms with Crippen molar-refractivity contribution in [1.29, 1.82) is 0 Å². The van der Waals surface area contributed by atoms with Gasteiger partial charge in [-0.1, -0.05) is 12.1 Å². The van der Waals surface area contributed by atoms with E-state index in [1.54, 1.807) is 19.1 Å². The van der Waals surface area contributed by atoms with Crippen LogP contribution >= 0.6 is 0 Å². The molecule has 0 aliphatic carbocycles. The molecule has 5 heteroatoms. The van der Waals surface area contributed by atoms with Crippen molar-refractivity contribution in [2.75, 3.05) is 18.5 Å². The van der Waals surface area contributed by atoms with E-state index in [0.29, 0.717) is 18.2 Å². The van der Waals surface area contributed by atoms with Gasteiger partial charge in [-0.15, -0.1) is 0 Å². The van der Waals surface area contributed by atoms with Gasteiger partial charge in [-0.3, -0.25) is 0 Å². The zero-order valence-electron chi connectivity index (χ0n) is 11.9. The number of anilines is 1. The highest BCUT2D eigenvalue weighted by molar-refractivity contribution is 5.89. The van der Waals surface area contributed by atoms with Gasteiger partial charge in [-0.05, 0) is 38.0 Å². The van der Waals surface area contributed by atoms with Crippen molar-refractivity contribution in [3.63, 3.8) is 0 Å². The van der Waals surface area contributed by atoms with Crippen LogP contribution in [0.1, 0.15) is 31.9 Å². The lowest BCUT2D eigenvalue weighted by Gasteiger charge is -2.15. The van der Waals surface area contributed by atoms with E-state index in [-0.39, 0.29) is 12.1 Å². The van der Waals surface area contributed by atoms with Gasteiger partial charge in [0.25, 0.3) is 0 Å². The largest absolute Gasteiger partial charge is 0.389 e. The van der Waals surface area contributed by atoms with Crippen LogP contribution in [-0.4, -0.2) is 30.4 Å². The number of carbonyl (C=O) groups is 1. The van der Waals surface area contributed by atoms with E-state index < -0.39 is 6.10 Å². The van der Waals surface area contributed by atoms with Crippen LogP contribution in [-0.2, 0) is 4.74 Å². The maximum absolute atomic E-state index is 11.8. The molecule has 5 nitrogen and oxygen atoms in total. The molecular formula is C15H22N2O3. The normalized spacial score (nSPS) is 23.4. The van der Waals surface area contributed by atoms with E-state index in [1.807, 2.05) is 19.1 Å². The third-order valence-electron chi connectivity index (χ3n) is 3.68. The molecule has 2 rings (SSSR count). The number of aliphatic hydroxyl groups is 1. The second-order valence-electron chi connectivity index (χ2n) is 5.26. The van der Waals surface area contributed by atoms with Crippen molar-refractivity contribution >= 4 is 11.7 Å². The monoisotopic (exact) mass is 278 g/mol. The van der Waals surface area contributed by atoms with Gasteiger partial charge >= 0.3 is 6.03 Å². The summed E-state index contributed by atoms with van der Waals surface area (Å²) in [5.41, 5.74) is 1.46. The number of benzene rings is 1. The molecule has 3 atom stereocenters. The summed E-state index contributed by atoms with van der Waals surface area (Å²) in [6.07, 6.45) is 0.643. The Hall–Kier alpha value is -1.59. The third kappa shape index (κ3) is 3.95. The Kier molecular flexibility index (Phi) is 4.98. The Bertz CT molecular complexity index is 462. The van der Waals surface area contributed by atoms with Crippen LogP contribution in [0.4, 0.5) is 10.5 Å². The van der Waals surface area contributed by atoms with E-state index in [9.17, 15) is 9.90 Å². The predicted molar refractivity (Wildman–Crippen MR) is 77.6 cm³/mol. The van der Waals surface area contributed by atoms with Gasteiger partial charge < -0.3 is 20.5 Å². The van der Waals surface area contributed by atoms with Crippen molar-refractivity contribution in [3.8, 4) is 0 Å². The Balaban J connectivity index is 1.83. The number of hydrogen-bond donors (Lipinski definition) is 3. The Morgan fingerprint density at radius 3 is 3.00 bits per heavy atom. The van der Waals surface area contributed by atoms with Gasteiger partial charge in [0.2, 0.25) is 0 Å². The number of amides is 2. The molecule has 20 heavy (non-hydrogen) atoms. The summed E-state index contributed by atoms with van der Waals surface area (Å²) < 4.78 is 5.46. The minimum absolute atomic E-state index is 0.203. The molecule has 0 saturated carbocycles. The first-order valence-corrected chi connectivity index (χ1v) is 7.00. The van der Waals surface area contributed by atoms with E-state index in [1.165, 1.54) is 0 Å². The number of aliphatic hydroxyl groups excluding tert-OH is 1. The molecule has 1 aliphatic heterocycles. The molecule has 3 unspecified atom stereocenters. The second-order valence-corrected chi connectivity index (χ2v) is 5.26. The maximum Gasteiger partial charge on any atom is 0.319 e. The number of hydrogen-bond acceptors (Lipinski definition) is 3. The van der Waals surface area contributed by atoms with E-state index in [0.717, 1.165) is 18.6 Å². The highest BCUT2D eigenvalue weighted by atomic mass is 16.5. The lowest BCUT2D eigenvalue weighted by Crippen LogP contribution is -2.35. The first kappa shape index (κ1) is 14.8. The average molecular weight is 278 g/mol. The van der Waals surface area contributed by atoms with E-state index >= 15 is 0 Å². The minimum atomic E-state index is -0.545. The van der Waals surface area contributed by atoms with Crippen LogP contribution in [0.3, 0.4) is 0 Å². The smallest absolute Gasteiger partial charge is 0.319 e. The standard InChI is InChI=1S/C15H22N2O3/c1-10(18)12-4-3-5-14(8-12)17-15(19)16-9-13-6-7-20-11(13)2/h3-5,8,10-11,13,18H,6-7,9H2,1-2H3,(H2,16,17,19). The van der Waals surface area contributed by atoms with Gasteiger partial charge in [0.15, 0.2) is 0 Å². The third-order valence-corrected chi connectivity index (χ3v) is 3.68. The fourth-order valence-corrected chi connectivity index (χ4v) is 2.32. The molecule has 1 aliphatic rings. The summed E-state index contributed by atoms with van der Waals surface area (Å²) in [5.74, 6) is 0.379. The fraction of sp³-hybridized carbons (Fsp3) is 0.533. The van der Waals surface area contributed by atoms with E-state index in [2.05, 4.69) is 10.6 Å². The molecule has 1 saturated heterocycles. The lowest BCUT2D eigenvalue weighted by molar-refractivity contribution is 0.106. The highest BCUT2D eigenvalue weighted by Gasteiger charge is 2.24. The summed E-state index contributed by atoms with van der Waals surface area (Å²) in [7, 11) is 0. The Morgan fingerprint density at radius 2 is 2.35 bits per heavy atom. The first-order chi connectivity index (χ1) is 9.56. The number of ether oxygens (including phenoxy) is 1. The molecular weight excluding hydrogens is 256 g/mol. The van der Waals surface area contributed by atoms with Crippen molar-refractivity contribution in [2.24, 2.45) is 5.92 Å². The summed E-state index contributed by atoms with van der Waals surface area (Å²) in [6, 6.07) is 6.97. The summed E-state index contributed by atoms with van der Waals surface area (Å²) >= 11 is 0. The molecule has 1 heterocycles. The average Bonchev–Trinajstić information content (AvgIpc) is 2.82. The second kappa shape index (κ2) is 6.72. The lowest BCUT2D eigenvalue weighted by atomic mass is 10.0. The van der Waals surface area contributed by atoms with Crippen LogP contribution in [0.25, 0.3) is 0 Å². The molecule has 0 bridgehead atoms. The van der Waals surface area contributed by atoms with Gasteiger partial charge in [-0.2, -0.15) is 0 Å². The van der Waals surface area contributed by atoms with Crippen molar-refractivity contribution in [1.82, 2.24) is 5.32 Å². The molecule has 0 spiro atoms. The van der Waals surface area contributed by atoms with Crippen LogP contribution in [0.15, 0.2) is 24.3 Å². The molecule has 2 amide bonds. The van der Waals surface area contributed by atoms with Crippen LogP contribution in [0.2, 0.25) is 0 Å². The highest BCUT2D eigenvalue weighted by Crippen LogP contribution is 2.19. The molecule has 1 fully saturated rings. The number of nitrogens with one attached hydrogen (secondary N) is 2. The molecule has 3 N–H and O–H groups in total. The first-order valence-electron chi connectivity index (χ1n) is 7.00. The van der Waals surface area contributed by atoms with E-state index in [4.69, 9.17) is 4.74 Å². The van der Waals surface area contributed by atoms with Gasteiger partial charge in [0.05, 0.1) is 12.2 Å². The quantitative estimate of drug-likeness (QED) is 0.791. The number of rotatable bonds is 4. The summed E-state index contributed by atoms with van der Waals surface area (Å²) in [5, 5.41) is 15.1. The van der Waals surface area contributed by atoms with Crippen molar-refractivity contribution in [2.45, 2.75) is 32.5 Å². The van der Waals surface area contributed by atoms with Crippen LogP contribution in [0.5, 0.6) is 0 Å².